The number of alkyl halides is 3. The molecule has 10 heteroatoms. The van der Waals surface area contributed by atoms with Gasteiger partial charge in [-0.15, -0.1) is 0 Å². The van der Waals surface area contributed by atoms with Crippen molar-refractivity contribution in [3.8, 4) is 6.07 Å². The van der Waals surface area contributed by atoms with Crippen LogP contribution in [0.4, 0.5) is 18.9 Å². The highest BCUT2D eigenvalue weighted by atomic mass is 19.4. The lowest BCUT2D eigenvalue weighted by Crippen LogP contribution is -2.59. The van der Waals surface area contributed by atoms with Crippen LogP contribution < -0.4 is 4.90 Å². The predicted molar refractivity (Wildman–Crippen MR) is 116 cm³/mol. The van der Waals surface area contributed by atoms with Crippen LogP contribution in [0.5, 0.6) is 0 Å². The lowest BCUT2D eigenvalue weighted by Gasteiger charge is -2.45. The van der Waals surface area contributed by atoms with Crippen molar-refractivity contribution in [1.82, 2.24) is 4.90 Å². The Morgan fingerprint density at radius 2 is 1.60 bits per heavy atom. The molecule has 5 rings (SSSR count). The van der Waals surface area contributed by atoms with Crippen LogP contribution in [0.3, 0.4) is 0 Å². The van der Waals surface area contributed by atoms with Crippen molar-refractivity contribution < 1.29 is 32.3 Å². The van der Waals surface area contributed by atoms with E-state index in [0.717, 1.165) is 17.0 Å². The summed E-state index contributed by atoms with van der Waals surface area (Å²) in [7, 11) is 0. The van der Waals surface area contributed by atoms with Crippen LogP contribution >= 0.6 is 0 Å². The van der Waals surface area contributed by atoms with E-state index in [1.807, 2.05) is 0 Å². The molecule has 0 unspecified atom stereocenters. The standard InChI is InChI=1S/C25H20F3N3O4/c1-23-12-30(20(32)14-6-4-3-5-7-14)13-24(2,35-23)19-18(23)21(33)31(22(19)34)16-9-8-15(11-29)17(10-16)25(26,27)28/h3-10,18-19H,12-13H2,1-2H3/t18-,19+,23-,24+. The SMILES string of the molecule is C[C@]12CN(C(=O)c3ccccc3)C[C@](C)(O1)[C@@H]1C(=O)N(c3ccc(C#N)c(C(F)(F)F)c3)C(=O)[C@@H]12. The van der Waals surface area contributed by atoms with Gasteiger partial charge in [-0.3, -0.25) is 14.4 Å². The molecule has 0 radical (unpaired) electrons. The summed E-state index contributed by atoms with van der Waals surface area (Å²) in [4.78, 5) is 42.5. The molecule has 0 N–H and O–H groups in total. The number of benzene rings is 2. The number of imide groups is 1. The zero-order valence-corrected chi connectivity index (χ0v) is 18.8. The highest BCUT2D eigenvalue weighted by molar-refractivity contribution is 6.23. The number of carbonyl (C=O) groups is 3. The van der Waals surface area contributed by atoms with Crippen molar-refractivity contribution in [3.63, 3.8) is 0 Å². The fourth-order valence-corrected chi connectivity index (χ4v) is 5.80. The van der Waals surface area contributed by atoms with E-state index in [4.69, 9.17) is 10.00 Å². The molecule has 3 heterocycles. The number of ether oxygens (including phenoxy) is 1. The summed E-state index contributed by atoms with van der Waals surface area (Å²) in [5, 5.41) is 9.06. The fourth-order valence-electron chi connectivity index (χ4n) is 5.80. The van der Waals surface area contributed by atoms with Crippen molar-refractivity contribution in [2.45, 2.75) is 31.2 Å². The van der Waals surface area contributed by atoms with Gasteiger partial charge in [-0.05, 0) is 44.2 Å². The van der Waals surface area contributed by atoms with Crippen molar-refractivity contribution in [3.05, 3.63) is 65.2 Å². The summed E-state index contributed by atoms with van der Waals surface area (Å²) in [6, 6.07) is 12.9. The number of amides is 3. The van der Waals surface area contributed by atoms with Gasteiger partial charge in [0.05, 0.1) is 59.0 Å². The van der Waals surface area contributed by atoms with Gasteiger partial charge in [-0.2, -0.15) is 18.4 Å². The van der Waals surface area contributed by atoms with Crippen LogP contribution in [0.25, 0.3) is 0 Å². The Kier molecular flexibility index (Phi) is 4.87. The highest BCUT2D eigenvalue weighted by Crippen LogP contribution is 2.55. The molecule has 0 saturated carbocycles. The van der Waals surface area contributed by atoms with E-state index in [1.54, 1.807) is 49.1 Å². The first kappa shape index (κ1) is 23.1. The van der Waals surface area contributed by atoms with E-state index < -0.39 is 52.2 Å². The largest absolute Gasteiger partial charge is 0.417 e. The molecule has 0 aromatic heterocycles. The molecular weight excluding hydrogens is 463 g/mol. The van der Waals surface area contributed by atoms with Gasteiger partial charge in [0.2, 0.25) is 11.8 Å². The molecule has 2 aromatic carbocycles. The van der Waals surface area contributed by atoms with Crippen LogP contribution in [0.15, 0.2) is 48.5 Å². The summed E-state index contributed by atoms with van der Waals surface area (Å²) in [5.74, 6) is -3.57. The lowest BCUT2D eigenvalue weighted by atomic mass is 9.79. The van der Waals surface area contributed by atoms with E-state index in [1.165, 1.54) is 6.07 Å². The van der Waals surface area contributed by atoms with E-state index in [9.17, 15) is 27.6 Å². The topological polar surface area (TPSA) is 90.7 Å². The molecule has 3 amide bonds. The summed E-state index contributed by atoms with van der Waals surface area (Å²) in [6.07, 6.45) is -4.83. The van der Waals surface area contributed by atoms with Crippen LogP contribution in [0.1, 0.15) is 35.3 Å². The molecule has 0 aliphatic carbocycles. The number of anilines is 1. The monoisotopic (exact) mass is 483 g/mol. The number of carbonyl (C=O) groups excluding carboxylic acids is 3. The Morgan fingerprint density at radius 1 is 1.03 bits per heavy atom. The minimum atomic E-state index is -4.83. The number of hydrogen-bond acceptors (Lipinski definition) is 5. The van der Waals surface area contributed by atoms with Gasteiger partial charge in [0, 0.05) is 5.56 Å². The number of halogens is 3. The quantitative estimate of drug-likeness (QED) is 0.611. The molecular formula is C25H20F3N3O4. The third kappa shape index (κ3) is 3.33. The molecule has 7 nitrogen and oxygen atoms in total. The van der Waals surface area contributed by atoms with Gasteiger partial charge in [-0.25, -0.2) is 4.90 Å². The molecule has 3 fully saturated rings. The fraction of sp³-hybridized carbons (Fsp3) is 0.360. The van der Waals surface area contributed by atoms with Gasteiger partial charge >= 0.3 is 6.18 Å². The van der Waals surface area contributed by atoms with Gasteiger partial charge in [0.15, 0.2) is 0 Å². The number of hydrogen-bond donors (Lipinski definition) is 0. The zero-order valence-electron chi connectivity index (χ0n) is 18.8. The van der Waals surface area contributed by atoms with E-state index >= 15 is 0 Å². The molecule has 180 valence electrons. The first-order chi connectivity index (χ1) is 16.4. The lowest BCUT2D eigenvalue weighted by molar-refractivity contribution is -0.162. The maximum Gasteiger partial charge on any atom is 0.417 e. The first-order valence-electron chi connectivity index (χ1n) is 10.9. The molecule has 0 spiro atoms. The van der Waals surface area contributed by atoms with Crippen molar-refractivity contribution in [1.29, 1.82) is 5.26 Å². The van der Waals surface area contributed by atoms with Crippen molar-refractivity contribution in [2.24, 2.45) is 11.8 Å². The molecule has 35 heavy (non-hydrogen) atoms. The number of nitrogens with zero attached hydrogens (tertiary/aromatic N) is 3. The maximum absolute atomic E-state index is 13.5. The number of likely N-dealkylation sites (tertiary alicyclic amines) is 1. The Balaban J connectivity index is 1.51. The number of rotatable bonds is 2. The van der Waals surface area contributed by atoms with Crippen LogP contribution in [-0.4, -0.2) is 46.9 Å². The third-order valence-electron chi connectivity index (χ3n) is 7.09. The van der Waals surface area contributed by atoms with E-state index in [0.29, 0.717) is 11.6 Å². The molecule has 3 aliphatic heterocycles. The van der Waals surface area contributed by atoms with Gasteiger partial charge < -0.3 is 9.64 Å². The highest BCUT2D eigenvalue weighted by Gasteiger charge is 2.72. The second-order valence-corrected chi connectivity index (χ2v) is 9.56. The molecule has 3 aliphatic rings. The minimum Gasteiger partial charge on any atom is -0.364 e. The first-order valence-corrected chi connectivity index (χ1v) is 10.9. The Morgan fingerprint density at radius 3 is 2.11 bits per heavy atom. The average molecular weight is 483 g/mol. The normalized spacial score (nSPS) is 29.8. The van der Waals surface area contributed by atoms with Gasteiger partial charge in [0.1, 0.15) is 0 Å². The van der Waals surface area contributed by atoms with Gasteiger partial charge in [-0.1, -0.05) is 18.2 Å². The van der Waals surface area contributed by atoms with Crippen LogP contribution in [0.2, 0.25) is 0 Å². The van der Waals surface area contributed by atoms with Gasteiger partial charge in [0.25, 0.3) is 5.91 Å². The average Bonchev–Trinajstić information content (AvgIpc) is 3.18. The smallest absolute Gasteiger partial charge is 0.364 e. The Bertz CT molecular complexity index is 1270. The van der Waals surface area contributed by atoms with Crippen LogP contribution in [0, 0.1) is 23.2 Å². The Labute approximate surface area is 198 Å². The van der Waals surface area contributed by atoms with Crippen molar-refractivity contribution >= 4 is 23.4 Å². The number of morpholine rings is 1. The van der Waals surface area contributed by atoms with Crippen molar-refractivity contribution in [2.75, 3.05) is 18.0 Å². The summed E-state index contributed by atoms with van der Waals surface area (Å²) < 4.78 is 46.7. The van der Waals surface area contributed by atoms with E-state index in [2.05, 4.69) is 0 Å². The molecule has 3 saturated heterocycles. The summed E-state index contributed by atoms with van der Waals surface area (Å²) in [6.45, 7) is 3.39. The third-order valence-corrected chi connectivity index (χ3v) is 7.09. The molecule has 2 bridgehead atoms. The second-order valence-electron chi connectivity index (χ2n) is 9.56. The zero-order chi connectivity index (χ0) is 25.3. The predicted octanol–water partition coefficient (Wildman–Crippen LogP) is 3.39. The molecule has 4 atom stereocenters. The minimum absolute atomic E-state index is 0.0471. The summed E-state index contributed by atoms with van der Waals surface area (Å²) >= 11 is 0. The van der Waals surface area contributed by atoms with Crippen LogP contribution in [-0.2, 0) is 20.5 Å². The van der Waals surface area contributed by atoms with E-state index in [-0.39, 0.29) is 24.7 Å². The molecule has 2 aromatic rings. The second kappa shape index (κ2) is 7.39. The maximum atomic E-state index is 13.5. The number of fused-ring (bicyclic) bond motifs is 5. The summed E-state index contributed by atoms with van der Waals surface area (Å²) in [5.41, 5.74) is -4.02. The Hall–Kier alpha value is -3.71. The number of nitriles is 1.